The van der Waals surface area contributed by atoms with Gasteiger partial charge in [-0.15, -0.1) is 0 Å². The van der Waals surface area contributed by atoms with Crippen molar-refractivity contribution >= 4 is 17.6 Å². The number of pyridine rings is 1. The van der Waals surface area contributed by atoms with Crippen LogP contribution in [0.5, 0.6) is 17.2 Å². The Kier molecular flexibility index (Phi) is 13.7. The van der Waals surface area contributed by atoms with Gasteiger partial charge in [-0.3, -0.25) is 14.7 Å². The first-order chi connectivity index (χ1) is 28.6. The predicted octanol–water partition coefficient (Wildman–Crippen LogP) is 9.66. The second-order valence-corrected chi connectivity index (χ2v) is 17.1. The minimum absolute atomic E-state index is 0.159. The van der Waals surface area contributed by atoms with E-state index in [-0.39, 0.29) is 19.1 Å². The lowest BCUT2D eigenvalue weighted by Gasteiger charge is -2.40. The highest BCUT2D eigenvalue weighted by molar-refractivity contribution is 6.32. The number of hydrogen-bond donors (Lipinski definition) is 1. The van der Waals surface area contributed by atoms with Crippen molar-refractivity contribution in [3.63, 3.8) is 0 Å². The Balaban J connectivity index is 1.02. The first-order valence-corrected chi connectivity index (χ1v) is 21.4. The Morgan fingerprint density at radius 2 is 1.71 bits per heavy atom. The van der Waals surface area contributed by atoms with E-state index in [0.29, 0.717) is 53.6 Å². The van der Waals surface area contributed by atoms with Crippen LogP contribution in [0.4, 0.5) is 0 Å². The second kappa shape index (κ2) is 19.3. The first kappa shape index (κ1) is 42.0. The highest BCUT2D eigenvalue weighted by Crippen LogP contribution is 2.47. The molecule has 3 fully saturated rings. The number of aromatic nitrogens is 1. The predicted molar refractivity (Wildman–Crippen MR) is 227 cm³/mol. The van der Waals surface area contributed by atoms with Gasteiger partial charge in [0.25, 0.3) is 0 Å². The third kappa shape index (κ3) is 10.2. The number of carbonyl (C=O) groups is 1. The highest BCUT2D eigenvalue weighted by Gasteiger charge is 2.42. The molecule has 2 unspecified atom stereocenters. The molecular formula is C48H54ClN5O5. The van der Waals surface area contributed by atoms with Crippen LogP contribution in [0.15, 0.2) is 67.0 Å². The molecule has 3 heterocycles. The van der Waals surface area contributed by atoms with Gasteiger partial charge in [0, 0.05) is 55.1 Å². The van der Waals surface area contributed by atoms with Crippen molar-refractivity contribution in [3.8, 4) is 40.5 Å². The molecule has 308 valence electrons. The van der Waals surface area contributed by atoms with Crippen LogP contribution >= 0.6 is 11.6 Å². The monoisotopic (exact) mass is 815 g/mol. The smallest absolute Gasteiger partial charge is 0.320 e. The number of hydrogen-bond acceptors (Lipinski definition) is 9. The van der Waals surface area contributed by atoms with Crippen LogP contribution in [0.25, 0.3) is 11.1 Å². The number of carboxylic acid groups (broad SMARTS) is 1. The SMILES string of the molecule is Cc1c(COc2cc(OCc3cncc(C#N)c3)c(CN3CCCC[C@H]3C(=O)O)cc2Cl)cccc1-c1cccc(OCCCN2CCCC3(CCC(C#N)C3)C2)c1C. The third-order valence-corrected chi connectivity index (χ3v) is 12.9. The molecule has 7 rings (SSSR count). The summed E-state index contributed by atoms with van der Waals surface area (Å²) in [6, 6.07) is 21.9. The topological polar surface area (TPSA) is 132 Å². The number of halogens is 1. The molecule has 4 aromatic rings. The Morgan fingerprint density at radius 1 is 0.898 bits per heavy atom. The third-order valence-electron chi connectivity index (χ3n) is 12.6. The molecule has 11 heteroatoms. The van der Waals surface area contributed by atoms with E-state index < -0.39 is 12.0 Å². The van der Waals surface area contributed by atoms with Gasteiger partial charge in [0.05, 0.1) is 23.3 Å². The fourth-order valence-electron chi connectivity index (χ4n) is 9.42. The lowest BCUT2D eigenvalue weighted by molar-refractivity contribution is -0.144. The maximum atomic E-state index is 12.1. The number of nitrogens with zero attached hydrogens (tertiary/aromatic N) is 5. The number of aliphatic carboxylic acids is 1. The second-order valence-electron chi connectivity index (χ2n) is 16.7. The zero-order valence-electron chi connectivity index (χ0n) is 34.2. The maximum absolute atomic E-state index is 12.1. The quantitative estimate of drug-likeness (QED) is 0.116. The summed E-state index contributed by atoms with van der Waals surface area (Å²) in [5.74, 6) is 1.27. The lowest BCUT2D eigenvalue weighted by atomic mass is 9.78. The molecule has 0 radical (unpaired) electrons. The summed E-state index contributed by atoms with van der Waals surface area (Å²) in [5.41, 5.74) is 7.68. The number of ether oxygens (including phenoxy) is 3. The van der Waals surface area contributed by atoms with Gasteiger partial charge >= 0.3 is 5.97 Å². The molecule has 2 saturated heterocycles. The molecule has 3 aliphatic rings. The lowest BCUT2D eigenvalue weighted by Crippen LogP contribution is -2.44. The number of benzene rings is 3. The van der Waals surface area contributed by atoms with E-state index in [9.17, 15) is 20.4 Å². The van der Waals surface area contributed by atoms with E-state index in [1.165, 1.54) is 25.5 Å². The van der Waals surface area contributed by atoms with Crippen LogP contribution in [0.1, 0.15) is 91.2 Å². The van der Waals surface area contributed by atoms with Crippen LogP contribution in [0.3, 0.4) is 0 Å². The van der Waals surface area contributed by atoms with Gasteiger partial charge in [-0.05, 0) is 130 Å². The summed E-state index contributed by atoms with van der Waals surface area (Å²) >= 11 is 6.89. The van der Waals surface area contributed by atoms with E-state index in [2.05, 4.69) is 60.1 Å². The summed E-state index contributed by atoms with van der Waals surface area (Å²) in [4.78, 5) is 20.8. The Morgan fingerprint density at radius 3 is 2.51 bits per heavy atom. The van der Waals surface area contributed by atoms with E-state index in [1.54, 1.807) is 18.3 Å². The molecule has 59 heavy (non-hydrogen) atoms. The van der Waals surface area contributed by atoms with Gasteiger partial charge in [-0.2, -0.15) is 10.5 Å². The Bertz CT molecular complexity index is 2220. The molecule has 2 aliphatic heterocycles. The molecule has 1 spiro atoms. The van der Waals surface area contributed by atoms with Crippen LogP contribution in [-0.2, 0) is 24.6 Å². The number of rotatable bonds is 15. The molecule has 1 aliphatic carbocycles. The molecule has 1 aromatic heterocycles. The van der Waals surface area contributed by atoms with Crippen LogP contribution in [0.2, 0.25) is 5.02 Å². The summed E-state index contributed by atoms with van der Waals surface area (Å²) in [6.45, 7) is 9.56. The Hall–Kier alpha value is -5.13. The van der Waals surface area contributed by atoms with Gasteiger partial charge in [0.2, 0.25) is 0 Å². The maximum Gasteiger partial charge on any atom is 0.320 e. The number of carboxylic acids is 1. The molecule has 3 atom stereocenters. The van der Waals surface area contributed by atoms with Crippen molar-refractivity contribution in [1.29, 1.82) is 10.5 Å². The molecule has 1 saturated carbocycles. The molecule has 0 bridgehead atoms. The standard InChI is InChI=1S/C48H54ClN5O5/c1-33-38(9-5-10-40(33)41-11-6-13-44(34(41)2)57-20-8-18-53-17-7-15-48(32-53)16-14-35(24-48)25-50)31-59-46-23-45(58-30-37-21-36(26-51)27-52-28-37)39(22-42(46)49)29-54-19-4-3-12-43(54)47(55)56/h5-6,9-11,13,21-23,27-28,35,43H,3-4,7-8,12,14-20,24,29-32H2,1-2H3,(H,55,56)/t35?,43-,48?/m0/s1. The average Bonchev–Trinajstić information content (AvgIpc) is 3.64. The van der Waals surface area contributed by atoms with Gasteiger partial charge in [-0.1, -0.05) is 48.4 Å². The molecular weight excluding hydrogens is 762 g/mol. The van der Waals surface area contributed by atoms with E-state index >= 15 is 0 Å². The van der Waals surface area contributed by atoms with Crippen LogP contribution in [0, 0.1) is 47.8 Å². The van der Waals surface area contributed by atoms with Crippen molar-refractivity contribution in [2.75, 3.05) is 32.8 Å². The molecule has 1 N–H and O–H groups in total. The summed E-state index contributed by atoms with van der Waals surface area (Å²) in [6.07, 6.45) is 12.3. The van der Waals surface area contributed by atoms with Crippen molar-refractivity contribution in [2.24, 2.45) is 11.3 Å². The minimum atomic E-state index is -0.831. The van der Waals surface area contributed by atoms with Crippen LogP contribution < -0.4 is 14.2 Å². The van der Waals surface area contributed by atoms with Gasteiger partial charge in [0.15, 0.2) is 0 Å². The summed E-state index contributed by atoms with van der Waals surface area (Å²) in [5, 5.41) is 29.2. The number of piperidine rings is 2. The van der Waals surface area contributed by atoms with E-state index in [0.717, 1.165) is 96.4 Å². The summed E-state index contributed by atoms with van der Waals surface area (Å²) in [7, 11) is 0. The fourth-order valence-corrected chi connectivity index (χ4v) is 9.66. The number of likely N-dealkylation sites (tertiary alicyclic amines) is 2. The average molecular weight is 816 g/mol. The Labute approximate surface area is 353 Å². The zero-order valence-corrected chi connectivity index (χ0v) is 35.0. The molecule has 0 amide bonds. The van der Waals surface area contributed by atoms with Crippen LogP contribution in [-0.4, -0.2) is 64.7 Å². The molecule has 3 aromatic carbocycles. The van der Waals surface area contributed by atoms with Crippen molar-refractivity contribution in [1.82, 2.24) is 14.8 Å². The van der Waals surface area contributed by atoms with E-state index in [1.807, 2.05) is 23.1 Å². The largest absolute Gasteiger partial charge is 0.493 e. The summed E-state index contributed by atoms with van der Waals surface area (Å²) < 4.78 is 19.2. The van der Waals surface area contributed by atoms with Gasteiger partial charge in [-0.25, -0.2) is 0 Å². The van der Waals surface area contributed by atoms with E-state index in [4.69, 9.17) is 25.8 Å². The zero-order chi connectivity index (χ0) is 41.4. The fraction of sp³-hybridized carbons (Fsp3) is 0.458. The van der Waals surface area contributed by atoms with Gasteiger partial charge in [0.1, 0.15) is 42.6 Å². The normalized spacial score (nSPS) is 20.8. The highest BCUT2D eigenvalue weighted by atomic mass is 35.5. The number of nitriles is 2. The first-order valence-electron chi connectivity index (χ1n) is 21.0. The van der Waals surface area contributed by atoms with Crippen molar-refractivity contribution in [3.05, 3.63) is 105 Å². The minimum Gasteiger partial charge on any atom is -0.493 e. The van der Waals surface area contributed by atoms with Crippen molar-refractivity contribution in [2.45, 2.75) is 97.4 Å². The van der Waals surface area contributed by atoms with Crippen molar-refractivity contribution < 1.29 is 24.1 Å². The molecule has 10 nitrogen and oxygen atoms in total. The van der Waals surface area contributed by atoms with Gasteiger partial charge < -0.3 is 24.2 Å².